The van der Waals surface area contributed by atoms with Gasteiger partial charge in [0.05, 0.1) is 0 Å². The molecule has 0 unspecified atom stereocenters. The van der Waals surface area contributed by atoms with E-state index >= 15 is 0 Å². The fourth-order valence-electron chi connectivity index (χ4n) is 9.16. The van der Waals surface area contributed by atoms with Crippen LogP contribution in [0.25, 0.3) is 98.8 Å². The molecule has 11 rings (SSSR count). The van der Waals surface area contributed by atoms with Crippen LogP contribution in [0.1, 0.15) is 25.0 Å². The highest BCUT2D eigenvalue weighted by atomic mass is 16.3. The maximum absolute atomic E-state index is 6.20. The molecule has 1 heterocycles. The monoisotopic (exact) mass is 662 g/mol. The quantitative estimate of drug-likeness (QED) is 0.172. The van der Waals surface area contributed by atoms with E-state index in [4.69, 9.17) is 4.42 Å². The van der Waals surface area contributed by atoms with Gasteiger partial charge in [-0.25, -0.2) is 0 Å². The lowest BCUT2D eigenvalue weighted by atomic mass is 9.82. The highest BCUT2D eigenvalue weighted by Crippen LogP contribution is 2.52. The second-order valence-corrected chi connectivity index (χ2v) is 14.8. The Morgan fingerprint density at radius 3 is 1.58 bits per heavy atom. The predicted octanol–water partition coefficient (Wildman–Crippen LogP) is 14.4. The van der Waals surface area contributed by atoms with E-state index < -0.39 is 0 Å². The van der Waals surface area contributed by atoms with Crippen molar-refractivity contribution in [1.82, 2.24) is 0 Å². The zero-order chi connectivity index (χ0) is 34.6. The fourth-order valence-corrected chi connectivity index (χ4v) is 9.16. The van der Waals surface area contributed by atoms with Gasteiger partial charge in [0.2, 0.25) is 0 Å². The topological polar surface area (TPSA) is 13.1 Å². The molecule has 0 bridgehead atoms. The van der Waals surface area contributed by atoms with Gasteiger partial charge in [0.25, 0.3) is 0 Å². The summed E-state index contributed by atoms with van der Waals surface area (Å²) in [6.45, 7) is 4.72. The minimum Gasteiger partial charge on any atom is -0.456 e. The normalized spacial score (nSPS) is 13.3. The first-order chi connectivity index (χ1) is 25.5. The van der Waals surface area contributed by atoms with Crippen LogP contribution in [0.3, 0.4) is 0 Å². The van der Waals surface area contributed by atoms with Crippen molar-refractivity contribution >= 4 is 54.3 Å². The molecule has 1 nitrogen and oxygen atoms in total. The average Bonchev–Trinajstić information content (AvgIpc) is 3.68. The third kappa shape index (κ3) is 4.11. The van der Waals surface area contributed by atoms with Gasteiger partial charge in [0.1, 0.15) is 11.2 Å². The number of rotatable bonds is 3. The van der Waals surface area contributed by atoms with Gasteiger partial charge < -0.3 is 4.42 Å². The van der Waals surface area contributed by atoms with Crippen molar-refractivity contribution in [1.29, 1.82) is 0 Å². The molecule has 244 valence electrons. The molecular formula is C51H34O. The molecule has 9 aromatic carbocycles. The van der Waals surface area contributed by atoms with Gasteiger partial charge >= 0.3 is 0 Å². The molecule has 10 aromatic rings. The Hall–Kier alpha value is -6.44. The average molecular weight is 663 g/mol. The molecule has 1 aliphatic rings. The van der Waals surface area contributed by atoms with Crippen LogP contribution in [-0.2, 0) is 5.41 Å². The van der Waals surface area contributed by atoms with Crippen molar-refractivity contribution in [3.63, 3.8) is 0 Å². The maximum atomic E-state index is 6.20. The fraction of sp³-hybridized carbons (Fsp3) is 0.0588. The zero-order valence-corrected chi connectivity index (χ0v) is 29.1. The highest BCUT2D eigenvalue weighted by Gasteiger charge is 2.36. The Balaban J connectivity index is 1.06. The first kappa shape index (κ1) is 29.3. The molecular weight excluding hydrogens is 629 g/mol. The molecule has 0 amide bonds. The first-order valence-electron chi connectivity index (χ1n) is 18.2. The Bertz CT molecular complexity index is 3030. The summed E-state index contributed by atoms with van der Waals surface area (Å²) in [7, 11) is 0. The Morgan fingerprint density at radius 1 is 0.346 bits per heavy atom. The SMILES string of the molecule is CC1(C)c2ccc(-c3ccc(-c4c5ccccc5c(-c5ccc6oc7ccccc7c6c5)c5ccccc45)cc3)cc2-c2c1ccc1ccccc21. The summed E-state index contributed by atoms with van der Waals surface area (Å²) in [5.41, 5.74) is 14.8. The van der Waals surface area contributed by atoms with Crippen molar-refractivity contribution in [2.75, 3.05) is 0 Å². The predicted molar refractivity (Wildman–Crippen MR) is 220 cm³/mol. The molecule has 52 heavy (non-hydrogen) atoms. The van der Waals surface area contributed by atoms with Crippen molar-refractivity contribution in [3.8, 4) is 44.5 Å². The molecule has 0 fully saturated rings. The van der Waals surface area contributed by atoms with Crippen LogP contribution in [0.5, 0.6) is 0 Å². The third-order valence-corrected chi connectivity index (χ3v) is 11.7. The van der Waals surface area contributed by atoms with Crippen molar-refractivity contribution in [2.45, 2.75) is 19.3 Å². The highest BCUT2D eigenvalue weighted by molar-refractivity contribution is 6.22. The Morgan fingerprint density at radius 2 is 0.865 bits per heavy atom. The van der Waals surface area contributed by atoms with Gasteiger partial charge in [0, 0.05) is 16.2 Å². The van der Waals surface area contributed by atoms with E-state index in [-0.39, 0.29) is 5.41 Å². The lowest BCUT2D eigenvalue weighted by molar-refractivity contribution is 0.661. The minimum atomic E-state index is -0.0383. The minimum absolute atomic E-state index is 0.0383. The lowest BCUT2D eigenvalue weighted by Gasteiger charge is -2.21. The number of fused-ring (bicyclic) bond motifs is 10. The summed E-state index contributed by atoms with van der Waals surface area (Å²) in [5, 5.41) is 9.93. The summed E-state index contributed by atoms with van der Waals surface area (Å²) in [5.74, 6) is 0. The number of para-hydroxylation sites is 1. The van der Waals surface area contributed by atoms with E-state index in [9.17, 15) is 0 Å². The summed E-state index contributed by atoms with van der Waals surface area (Å²) >= 11 is 0. The van der Waals surface area contributed by atoms with Gasteiger partial charge in [-0.3, -0.25) is 0 Å². The molecule has 0 spiro atoms. The van der Waals surface area contributed by atoms with Gasteiger partial charge in [-0.1, -0.05) is 159 Å². The van der Waals surface area contributed by atoms with Crippen molar-refractivity contribution < 1.29 is 4.42 Å². The zero-order valence-electron chi connectivity index (χ0n) is 29.1. The van der Waals surface area contributed by atoms with Gasteiger partial charge in [0.15, 0.2) is 0 Å². The molecule has 1 aliphatic carbocycles. The van der Waals surface area contributed by atoms with Crippen LogP contribution >= 0.6 is 0 Å². The van der Waals surface area contributed by atoms with E-state index in [1.807, 2.05) is 12.1 Å². The van der Waals surface area contributed by atoms with Crippen LogP contribution in [0.2, 0.25) is 0 Å². The van der Waals surface area contributed by atoms with Gasteiger partial charge in [-0.05, 0) is 112 Å². The summed E-state index contributed by atoms with van der Waals surface area (Å²) in [6, 6.07) is 62.5. The van der Waals surface area contributed by atoms with Gasteiger partial charge in [-0.2, -0.15) is 0 Å². The van der Waals surface area contributed by atoms with Crippen molar-refractivity contribution in [2.24, 2.45) is 0 Å². The number of hydrogen-bond donors (Lipinski definition) is 0. The smallest absolute Gasteiger partial charge is 0.135 e. The molecule has 0 saturated heterocycles. The van der Waals surface area contributed by atoms with Crippen LogP contribution < -0.4 is 0 Å². The second-order valence-electron chi connectivity index (χ2n) is 14.8. The maximum Gasteiger partial charge on any atom is 0.135 e. The van der Waals surface area contributed by atoms with Crippen molar-refractivity contribution in [3.05, 3.63) is 181 Å². The summed E-state index contributed by atoms with van der Waals surface area (Å²) < 4.78 is 6.20. The van der Waals surface area contributed by atoms with Crippen LogP contribution in [0.4, 0.5) is 0 Å². The summed E-state index contributed by atoms with van der Waals surface area (Å²) in [6.07, 6.45) is 0. The molecule has 1 heteroatoms. The van der Waals surface area contributed by atoms with Crippen LogP contribution in [0, 0.1) is 0 Å². The van der Waals surface area contributed by atoms with E-state index in [0.717, 1.165) is 21.9 Å². The third-order valence-electron chi connectivity index (χ3n) is 11.7. The van der Waals surface area contributed by atoms with E-state index in [2.05, 4.69) is 172 Å². The van der Waals surface area contributed by atoms with E-state index in [1.165, 1.54) is 88.0 Å². The second kappa shape index (κ2) is 10.8. The lowest BCUT2D eigenvalue weighted by Crippen LogP contribution is -2.14. The molecule has 0 N–H and O–H groups in total. The summed E-state index contributed by atoms with van der Waals surface area (Å²) in [4.78, 5) is 0. The first-order valence-corrected chi connectivity index (χ1v) is 18.2. The number of furan rings is 1. The van der Waals surface area contributed by atoms with E-state index in [1.54, 1.807) is 0 Å². The Labute approximate surface area is 302 Å². The van der Waals surface area contributed by atoms with E-state index in [0.29, 0.717) is 0 Å². The van der Waals surface area contributed by atoms with Crippen LogP contribution in [0.15, 0.2) is 174 Å². The number of hydrogen-bond acceptors (Lipinski definition) is 1. The Kier molecular flexibility index (Phi) is 6.08. The molecule has 0 saturated carbocycles. The standard InChI is InChI=1S/C51H34O/c1-51(2)44-26-24-34(29-43(44)50-36-12-4-3-11-32(36)23-27-45(50)51)31-19-21-33(22-20-31)48-38-14-5-7-16-40(38)49(41-17-8-6-15-39(41)48)35-25-28-47-42(30-35)37-13-9-10-18-46(37)52-47/h3-30H,1-2H3. The number of benzene rings is 9. The van der Waals surface area contributed by atoms with Crippen LogP contribution in [-0.4, -0.2) is 0 Å². The molecule has 0 atom stereocenters. The largest absolute Gasteiger partial charge is 0.456 e. The molecule has 0 radical (unpaired) electrons. The van der Waals surface area contributed by atoms with Gasteiger partial charge in [-0.15, -0.1) is 0 Å². The molecule has 1 aromatic heterocycles. The molecule has 0 aliphatic heterocycles.